The standard InChI is InChI=1S/C23H18N4O3/c1-30-23(29)14-2-5-17(6-3-14)26-19-8-9-20(27-11-10-24-21(19)27)15-4-7-18-16(12-15)13-25-22(18)28/h2-12,26H,13H2,1H3,(H,25,28). The van der Waals surface area contributed by atoms with E-state index in [0.29, 0.717) is 12.1 Å². The number of imidazole rings is 1. The maximum Gasteiger partial charge on any atom is 0.337 e. The maximum absolute atomic E-state index is 11.8. The number of esters is 1. The molecule has 148 valence electrons. The van der Waals surface area contributed by atoms with Gasteiger partial charge in [0.15, 0.2) is 5.65 Å². The zero-order valence-electron chi connectivity index (χ0n) is 16.2. The molecule has 4 aromatic rings. The molecule has 1 aliphatic rings. The summed E-state index contributed by atoms with van der Waals surface area (Å²) in [6.07, 6.45) is 3.66. The van der Waals surface area contributed by atoms with Gasteiger partial charge >= 0.3 is 5.97 Å². The molecule has 5 rings (SSSR count). The lowest BCUT2D eigenvalue weighted by molar-refractivity contribution is 0.0600. The van der Waals surface area contributed by atoms with Crippen molar-refractivity contribution in [3.63, 3.8) is 0 Å². The molecule has 0 spiro atoms. The zero-order valence-corrected chi connectivity index (χ0v) is 16.2. The average molecular weight is 398 g/mol. The molecule has 7 heteroatoms. The highest BCUT2D eigenvalue weighted by molar-refractivity contribution is 5.99. The van der Waals surface area contributed by atoms with Gasteiger partial charge in [-0.15, -0.1) is 0 Å². The number of anilines is 2. The Hall–Kier alpha value is -4.13. The van der Waals surface area contributed by atoms with Gasteiger partial charge < -0.3 is 15.4 Å². The van der Waals surface area contributed by atoms with E-state index in [2.05, 4.69) is 15.6 Å². The summed E-state index contributed by atoms with van der Waals surface area (Å²) in [6.45, 7) is 0.552. The van der Waals surface area contributed by atoms with Crippen molar-refractivity contribution in [3.8, 4) is 11.3 Å². The Morgan fingerprint density at radius 1 is 1.13 bits per heavy atom. The first-order chi connectivity index (χ1) is 14.6. The van der Waals surface area contributed by atoms with E-state index in [-0.39, 0.29) is 11.9 Å². The minimum absolute atomic E-state index is 0.0258. The molecule has 0 bridgehead atoms. The summed E-state index contributed by atoms with van der Waals surface area (Å²) < 4.78 is 6.75. The number of pyridine rings is 1. The van der Waals surface area contributed by atoms with Crippen LogP contribution in [0.25, 0.3) is 16.9 Å². The van der Waals surface area contributed by atoms with Crippen LogP contribution in [0.4, 0.5) is 11.4 Å². The Kier molecular flexibility index (Phi) is 4.21. The molecule has 0 aliphatic carbocycles. The van der Waals surface area contributed by atoms with Crippen molar-refractivity contribution >= 4 is 28.9 Å². The van der Waals surface area contributed by atoms with E-state index >= 15 is 0 Å². The number of carbonyl (C=O) groups is 2. The molecule has 1 aliphatic heterocycles. The van der Waals surface area contributed by atoms with Crippen LogP contribution in [0.1, 0.15) is 26.3 Å². The molecule has 2 aromatic heterocycles. The largest absolute Gasteiger partial charge is 0.465 e. The van der Waals surface area contributed by atoms with Crippen LogP contribution in [0.5, 0.6) is 0 Å². The van der Waals surface area contributed by atoms with E-state index in [0.717, 1.165) is 39.4 Å². The Labute approximate surface area is 172 Å². The predicted molar refractivity (Wildman–Crippen MR) is 113 cm³/mol. The third-order valence-corrected chi connectivity index (χ3v) is 5.22. The van der Waals surface area contributed by atoms with Crippen molar-refractivity contribution in [1.29, 1.82) is 0 Å². The third-order valence-electron chi connectivity index (χ3n) is 5.22. The van der Waals surface area contributed by atoms with Crippen molar-refractivity contribution in [3.05, 3.63) is 83.7 Å². The lowest BCUT2D eigenvalue weighted by Gasteiger charge is -2.12. The molecule has 2 N–H and O–H groups in total. The van der Waals surface area contributed by atoms with Gasteiger partial charge in [-0.1, -0.05) is 6.07 Å². The first kappa shape index (κ1) is 17.9. The summed E-state index contributed by atoms with van der Waals surface area (Å²) in [5.41, 5.74) is 6.68. The Bertz CT molecular complexity index is 1290. The number of hydrogen-bond donors (Lipinski definition) is 2. The van der Waals surface area contributed by atoms with Crippen LogP contribution in [0, 0.1) is 0 Å². The molecule has 3 heterocycles. The summed E-state index contributed by atoms with van der Waals surface area (Å²) in [6, 6.07) is 16.9. The first-order valence-corrected chi connectivity index (χ1v) is 9.47. The predicted octanol–water partition coefficient (Wildman–Crippen LogP) is 3.77. The van der Waals surface area contributed by atoms with Crippen molar-refractivity contribution in [2.24, 2.45) is 0 Å². The zero-order chi connectivity index (χ0) is 20.7. The number of nitrogens with zero attached hydrogens (tertiary/aromatic N) is 2. The fourth-order valence-electron chi connectivity index (χ4n) is 3.70. The van der Waals surface area contributed by atoms with Crippen LogP contribution in [0.15, 0.2) is 67.0 Å². The van der Waals surface area contributed by atoms with Crippen LogP contribution in [0.3, 0.4) is 0 Å². The first-order valence-electron chi connectivity index (χ1n) is 9.47. The molecule has 0 radical (unpaired) electrons. The fourth-order valence-corrected chi connectivity index (χ4v) is 3.70. The quantitative estimate of drug-likeness (QED) is 0.511. The maximum atomic E-state index is 11.8. The normalized spacial score (nSPS) is 12.5. The number of amides is 1. The number of ether oxygens (including phenoxy) is 1. The van der Waals surface area contributed by atoms with E-state index in [9.17, 15) is 9.59 Å². The number of rotatable bonds is 4. The number of fused-ring (bicyclic) bond motifs is 2. The van der Waals surface area contributed by atoms with Crippen LogP contribution < -0.4 is 10.6 Å². The topological polar surface area (TPSA) is 84.7 Å². The van der Waals surface area contributed by atoms with E-state index in [4.69, 9.17) is 4.74 Å². The van der Waals surface area contributed by atoms with Crippen molar-refractivity contribution < 1.29 is 14.3 Å². The molecule has 0 saturated heterocycles. The summed E-state index contributed by atoms with van der Waals surface area (Å²) in [4.78, 5) is 27.9. The molecule has 0 fully saturated rings. The highest BCUT2D eigenvalue weighted by atomic mass is 16.5. The summed E-state index contributed by atoms with van der Waals surface area (Å²) in [5, 5.41) is 6.20. The molecular formula is C23H18N4O3. The minimum atomic E-state index is -0.368. The number of benzene rings is 2. The van der Waals surface area contributed by atoms with Gasteiger partial charge in [0.25, 0.3) is 5.91 Å². The second-order valence-electron chi connectivity index (χ2n) is 7.00. The number of hydrogen-bond acceptors (Lipinski definition) is 5. The van der Waals surface area contributed by atoms with Gasteiger partial charge in [-0.2, -0.15) is 0 Å². The van der Waals surface area contributed by atoms with Crippen LogP contribution in [-0.2, 0) is 11.3 Å². The van der Waals surface area contributed by atoms with Crippen molar-refractivity contribution in [2.45, 2.75) is 6.54 Å². The van der Waals surface area contributed by atoms with E-state index in [1.165, 1.54) is 7.11 Å². The molecule has 30 heavy (non-hydrogen) atoms. The van der Waals surface area contributed by atoms with Crippen LogP contribution in [-0.4, -0.2) is 28.4 Å². The number of aromatic nitrogens is 2. The van der Waals surface area contributed by atoms with Crippen molar-refractivity contribution in [1.82, 2.24) is 14.7 Å². The average Bonchev–Trinajstić information content (AvgIpc) is 3.41. The van der Waals surface area contributed by atoms with Gasteiger partial charge in [-0.3, -0.25) is 9.20 Å². The van der Waals surface area contributed by atoms with Gasteiger partial charge in [0, 0.05) is 30.2 Å². The number of methoxy groups -OCH3 is 1. The summed E-state index contributed by atoms with van der Waals surface area (Å²) in [5.74, 6) is -0.394. The van der Waals surface area contributed by atoms with Gasteiger partial charge in [0.05, 0.1) is 24.1 Å². The number of nitrogens with one attached hydrogen (secondary N) is 2. The van der Waals surface area contributed by atoms with Gasteiger partial charge in [-0.05, 0) is 59.7 Å². The Morgan fingerprint density at radius 2 is 1.97 bits per heavy atom. The molecule has 0 saturated carbocycles. The molecule has 0 atom stereocenters. The monoisotopic (exact) mass is 398 g/mol. The van der Waals surface area contributed by atoms with Gasteiger partial charge in [-0.25, -0.2) is 9.78 Å². The fraction of sp³-hybridized carbons (Fsp3) is 0.0870. The second-order valence-corrected chi connectivity index (χ2v) is 7.00. The van der Waals surface area contributed by atoms with Crippen LogP contribution in [0.2, 0.25) is 0 Å². The van der Waals surface area contributed by atoms with Crippen LogP contribution >= 0.6 is 0 Å². The second kappa shape index (κ2) is 7.04. The number of carbonyl (C=O) groups excluding carboxylic acids is 2. The van der Waals surface area contributed by atoms with E-state index < -0.39 is 0 Å². The minimum Gasteiger partial charge on any atom is -0.465 e. The highest BCUT2D eigenvalue weighted by Gasteiger charge is 2.19. The Balaban J connectivity index is 1.49. The lowest BCUT2D eigenvalue weighted by atomic mass is 10.0. The highest BCUT2D eigenvalue weighted by Crippen LogP contribution is 2.29. The summed E-state index contributed by atoms with van der Waals surface area (Å²) in [7, 11) is 1.36. The molecule has 7 nitrogen and oxygen atoms in total. The molecule has 2 aromatic carbocycles. The molecule has 0 unspecified atom stereocenters. The Morgan fingerprint density at radius 3 is 2.77 bits per heavy atom. The van der Waals surface area contributed by atoms with E-state index in [1.54, 1.807) is 18.3 Å². The van der Waals surface area contributed by atoms with Crippen molar-refractivity contribution in [2.75, 3.05) is 12.4 Å². The van der Waals surface area contributed by atoms with E-state index in [1.807, 2.05) is 53.1 Å². The molecule has 1 amide bonds. The SMILES string of the molecule is COC(=O)c1ccc(Nc2ccc(-c3ccc4c(c3)CNC4=O)n3ccnc23)cc1. The van der Waals surface area contributed by atoms with Gasteiger partial charge in [0.1, 0.15) is 0 Å². The lowest BCUT2D eigenvalue weighted by Crippen LogP contribution is -2.12. The molecular weight excluding hydrogens is 380 g/mol. The summed E-state index contributed by atoms with van der Waals surface area (Å²) >= 11 is 0. The van der Waals surface area contributed by atoms with Gasteiger partial charge in [0.2, 0.25) is 0 Å². The third kappa shape index (κ3) is 2.97. The smallest absolute Gasteiger partial charge is 0.337 e.